The van der Waals surface area contributed by atoms with E-state index in [2.05, 4.69) is 45.2 Å². The molecule has 0 aromatic carbocycles. The Morgan fingerprint density at radius 2 is 1.89 bits per heavy atom. The fourth-order valence-corrected chi connectivity index (χ4v) is 2.11. The fraction of sp³-hybridized carbons (Fsp3) is 0.615. The molecule has 0 bridgehead atoms. The van der Waals surface area contributed by atoms with Crippen LogP contribution in [0.4, 0.5) is 5.82 Å². The molecule has 5 heteroatoms. The predicted molar refractivity (Wildman–Crippen MR) is 72.9 cm³/mol. The summed E-state index contributed by atoms with van der Waals surface area (Å²) >= 11 is 0. The molecular weight excluding hydrogens is 226 g/mol. The van der Waals surface area contributed by atoms with Gasteiger partial charge in [0.15, 0.2) is 17.3 Å². The molecule has 0 radical (unpaired) electrons. The zero-order valence-electron chi connectivity index (χ0n) is 11.4. The molecular formula is C13H21N5. The Balaban J connectivity index is 2.37. The van der Waals surface area contributed by atoms with Crippen LogP contribution in [0.3, 0.4) is 0 Å². The number of aromatic nitrogens is 4. The second kappa shape index (κ2) is 5.80. The van der Waals surface area contributed by atoms with Gasteiger partial charge in [-0.1, -0.05) is 13.3 Å². The summed E-state index contributed by atoms with van der Waals surface area (Å²) in [5.41, 5.74) is 0.914. The number of unbranched alkanes of at least 4 members (excludes halogenated alkanes) is 1. The molecule has 0 N–H and O–H groups in total. The summed E-state index contributed by atoms with van der Waals surface area (Å²) < 4.78 is 2.10. The maximum absolute atomic E-state index is 4.56. The van der Waals surface area contributed by atoms with Crippen LogP contribution in [-0.2, 0) is 6.54 Å². The highest BCUT2D eigenvalue weighted by molar-refractivity contribution is 5.67. The molecule has 0 spiro atoms. The monoisotopic (exact) mass is 247 g/mol. The second-order valence-corrected chi connectivity index (χ2v) is 4.33. The summed E-state index contributed by atoms with van der Waals surface area (Å²) in [5.74, 6) is 1.89. The van der Waals surface area contributed by atoms with Crippen LogP contribution in [0.2, 0.25) is 0 Å². The minimum absolute atomic E-state index is 0.914. The Morgan fingerprint density at radius 3 is 2.56 bits per heavy atom. The lowest BCUT2D eigenvalue weighted by molar-refractivity contribution is 0.616. The van der Waals surface area contributed by atoms with E-state index in [1.807, 2.05) is 6.33 Å². The van der Waals surface area contributed by atoms with Gasteiger partial charge in [-0.25, -0.2) is 15.0 Å². The molecule has 0 atom stereocenters. The topological polar surface area (TPSA) is 46.8 Å². The summed E-state index contributed by atoms with van der Waals surface area (Å²) in [6, 6.07) is 0. The molecule has 0 aliphatic carbocycles. The van der Waals surface area contributed by atoms with Gasteiger partial charge in [-0.05, 0) is 20.3 Å². The first-order chi connectivity index (χ1) is 8.81. The van der Waals surface area contributed by atoms with Crippen LogP contribution >= 0.6 is 0 Å². The molecule has 2 rings (SSSR count). The summed E-state index contributed by atoms with van der Waals surface area (Å²) in [6.45, 7) is 9.27. The number of fused-ring (bicyclic) bond motifs is 1. The van der Waals surface area contributed by atoms with Crippen LogP contribution in [0.15, 0.2) is 12.7 Å². The van der Waals surface area contributed by atoms with Gasteiger partial charge in [0.25, 0.3) is 0 Å². The van der Waals surface area contributed by atoms with E-state index in [-0.39, 0.29) is 0 Å². The third-order valence-corrected chi connectivity index (χ3v) is 3.20. The third-order valence-electron chi connectivity index (χ3n) is 3.20. The minimum Gasteiger partial charge on any atom is -0.355 e. The molecule has 0 aromatic rings. The highest BCUT2D eigenvalue weighted by Crippen LogP contribution is 2.27. The van der Waals surface area contributed by atoms with E-state index >= 15 is 0 Å². The van der Waals surface area contributed by atoms with Gasteiger partial charge in [0.05, 0.1) is 6.33 Å². The lowest BCUT2D eigenvalue weighted by atomic mass is 10.3. The van der Waals surface area contributed by atoms with Crippen LogP contribution in [0.5, 0.6) is 0 Å². The van der Waals surface area contributed by atoms with Gasteiger partial charge >= 0.3 is 0 Å². The molecule has 98 valence electrons. The molecule has 18 heavy (non-hydrogen) atoms. The molecule has 2 aliphatic heterocycles. The van der Waals surface area contributed by atoms with E-state index in [0.29, 0.717) is 0 Å². The van der Waals surface area contributed by atoms with Crippen LogP contribution in [0.25, 0.3) is 11.5 Å². The van der Waals surface area contributed by atoms with E-state index in [4.69, 9.17) is 0 Å². The number of hydrogen-bond acceptors (Lipinski definition) is 4. The quantitative estimate of drug-likeness (QED) is 0.786. The van der Waals surface area contributed by atoms with Crippen molar-refractivity contribution in [1.29, 1.82) is 0 Å². The number of hydrogen-bond donors (Lipinski definition) is 0. The number of aryl methyl sites for hydroxylation is 1. The Kier molecular flexibility index (Phi) is 4.12. The average molecular weight is 247 g/mol. The molecule has 0 aromatic heterocycles. The van der Waals surface area contributed by atoms with E-state index < -0.39 is 0 Å². The van der Waals surface area contributed by atoms with Crippen LogP contribution < -0.4 is 4.90 Å². The molecule has 0 saturated carbocycles. The first kappa shape index (κ1) is 12.8. The molecule has 0 amide bonds. The van der Waals surface area contributed by atoms with Crippen molar-refractivity contribution in [3.63, 3.8) is 0 Å². The van der Waals surface area contributed by atoms with Crippen molar-refractivity contribution in [2.75, 3.05) is 18.0 Å². The maximum Gasteiger partial charge on any atom is 0.165 e. The van der Waals surface area contributed by atoms with Gasteiger partial charge in [-0.2, -0.15) is 0 Å². The van der Waals surface area contributed by atoms with E-state index in [1.165, 1.54) is 6.42 Å². The van der Waals surface area contributed by atoms with Gasteiger partial charge in [-0.15, -0.1) is 0 Å². The second-order valence-electron chi connectivity index (χ2n) is 4.33. The Labute approximate surface area is 108 Å². The van der Waals surface area contributed by atoms with Crippen molar-refractivity contribution >= 4 is 5.82 Å². The lowest BCUT2D eigenvalue weighted by Crippen LogP contribution is -2.25. The van der Waals surface area contributed by atoms with Gasteiger partial charge < -0.3 is 9.47 Å². The summed E-state index contributed by atoms with van der Waals surface area (Å²) in [7, 11) is 0. The number of nitrogens with zero attached hydrogens (tertiary/aromatic N) is 5. The van der Waals surface area contributed by atoms with Crippen LogP contribution in [0, 0.1) is 0 Å². The highest BCUT2D eigenvalue weighted by atomic mass is 15.2. The summed E-state index contributed by atoms with van der Waals surface area (Å²) in [4.78, 5) is 15.5. The number of anilines is 1. The average Bonchev–Trinajstić information content (AvgIpc) is 2.88. The highest BCUT2D eigenvalue weighted by Gasteiger charge is 2.19. The van der Waals surface area contributed by atoms with Crippen molar-refractivity contribution in [2.45, 2.75) is 40.2 Å². The molecule has 0 fully saturated rings. The molecule has 0 unspecified atom stereocenters. The first-order valence-electron chi connectivity index (χ1n) is 6.72. The molecule has 2 heterocycles. The van der Waals surface area contributed by atoms with E-state index in [9.17, 15) is 0 Å². The van der Waals surface area contributed by atoms with E-state index in [0.717, 1.165) is 43.4 Å². The summed E-state index contributed by atoms with van der Waals surface area (Å²) in [6.07, 6.45) is 5.82. The Hall–Kier alpha value is -1.65. The SMILES string of the molecule is CCCCn1cnc(N(CC)CC)c2ncnc1-2. The maximum atomic E-state index is 4.56. The first-order valence-corrected chi connectivity index (χ1v) is 6.72. The minimum atomic E-state index is 0.914. The van der Waals surface area contributed by atoms with Gasteiger partial charge in [0.1, 0.15) is 6.33 Å². The smallest absolute Gasteiger partial charge is 0.165 e. The van der Waals surface area contributed by atoms with Gasteiger partial charge in [-0.3, -0.25) is 0 Å². The molecule has 5 nitrogen and oxygen atoms in total. The van der Waals surface area contributed by atoms with Crippen molar-refractivity contribution in [2.24, 2.45) is 0 Å². The lowest BCUT2D eigenvalue weighted by Gasteiger charge is -2.22. The molecule has 2 aliphatic rings. The van der Waals surface area contributed by atoms with Crippen LogP contribution in [0.1, 0.15) is 33.6 Å². The van der Waals surface area contributed by atoms with Crippen LogP contribution in [-0.4, -0.2) is 32.6 Å². The normalized spacial score (nSPS) is 11.1. The van der Waals surface area contributed by atoms with Gasteiger partial charge in [0.2, 0.25) is 0 Å². The predicted octanol–water partition coefficient (Wildman–Crippen LogP) is 2.42. The fourth-order valence-electron chi connectivity index (χ4n) is 2.11. The summed E-state index contributed by atoms with van der Waals surface area (Å²) in [5, 5.41) is 0. The van der Waals surface area contributed by atoms with E-state index in [1.54, 1.807) is 6.33 Å². The van der Waals surface area contributed by atoms with Gasteiger partial charge in [0, 0.05) is 19.6 Å². The Morgan fingerprint density at radius 1 is 1.11 bits per heavy atom. The standard InChI is InChI=1S/C13H21N5/c1-4-7-8-18-10-16-13(17(5-2)6-3)11-12(18)15-9-14-11/h9-10H,4-8H2,1-3H3. The van der Waals surface area contributed by atoms with Crippen molar-refractivity contribution in [3.05, 3.63) is 12.7 Å². The van der Waals surface area contributed by atoms with Crippen molar-refractivity contribution < 1.29 is 0 Å². The third kappa shape index (κ3) is 2.30. The number of rotatable bonds is 6. The zero-order valence-corrected chi connectivity index (χ0v) is 11.4. The molecule has 0 saturated heterocycles. The van der Waals surface area contributed by atoms with Crippen molar-refractivity contribution in [1.82, 2.24) is 19.5 Å². The largest absolute Gasteiger partial charge is 0.355 e. The zero-order chi connectivity index (χ0) is 13.0. The number of imidazole rings is 1. The Bertz CT molecular complexity index is 461. The van der Waals surface area contributed by atoms with Crippen molar-refractivity contribution in [3.8, 4) is 11.5 Å².